The highest BCUT2D eigenvalue weighted by Crippen LogP contribution is 2.04. The molecule has 0 saturated carbocycles. The van der Waals surface area contributed by atoms with E-state index in [-0.39, 0.29) is 6.10 Å². The SMILES string of the molecule is CC[C@H](C)[O][Al]([Cl])[Cl]. The highest BCUT2D eigenvalue weighted by molar-refractivity contribution is 7.30. The van der Waals surface area contributed by atoms with Crippen LogP contribution in [-0.2, 0) is 3.79 Å². The van der Waals surface area contributed by atoms with E-state index in [1.165, 1.54) is 0 Å². The topological polar surface area (TPSA) is 9.23 Å². The predicted octanol–water partition coefficient (Wildman–Crippen LogP) is 2.26. The van der Waals surface area contributed by atoms with E-state index in [1.54, 1.807) is 0 Å². The first kappa shape index (κ1) is 9.07. The van der Waals surface area contributed by atoms with E-state index in [1.807, 2.05) is 13.8 Å². The lowest BCUT2D eigenvalue weighted by Crippen LogP contribution is -2.12. The van der Waals surface area contributed by atoms with Crippen LogP contribution in [0.2, 0.25) is 0 Å². The van der Waals surface area contributed by atoms with Gasteiger partial charge >= 0.3 is 12.6 Å². The summed E-state index contributed by atoms with van der Waals surface area (Å²) in [5.74, 6) is 0. The maximum atomic E-state index is 5.43. The molecule has 0 bridgehead atoms. The molecule has 4 heteroatoms. The van der Waals surface area contributed by atoms with Crippen molar-refractivity contribution >= 4 is 32.7 Å². The van der Waals surface area contributed by atoms with Gasteiger partial charge in [0.2, 0.25) is 0 Å². The minimum absolute atomic E-state index is 0.224. The Bertz CT molecular complexity index is 60.0. The van der Waals surface area contributed by atoms with Crippen molar-refractivity contribution in [3.05, 3.63) is 0 Å². The third-order valence-electron chi connectivity index (χ3n) is 0.910. The van der Waals surface area contributed by atoms with E-state index in [2.05, 4.69) is 0 Å². The monoisotopic (exact) mass is 170 g/mol. The Hall–Kier alpha value is 1.07. The van der Waals surface area contributed by atoms with Crippen molar-refractivity contribution in [2.75, 3.05) is 0 Å². The van der Waals surface area contributed by atoms with E-state index in [4.69, 9.17) is 23.9 Å². The third-order valence-corrected chi connectivity index (χ3v) is 2.20. The fourth-order valence-electron chi connectivity index (χ4n) is 0.272. The first-order chi connectivity index (χ1) is 3.66. The first-order valence-corrected chi connectivity index (χ1v) is 6.56. The summed E-state index contributed by atoms with van der Waals surface area (Å²) in [4.78, 5) is 0. The van der Waals surface area contributed by atoms with Crippen molar-refractivity contribution in [2.24, 2.45) is 0 Å². The molecule has 1 nitrogen and oxygen atoms in total. The molecule has 0 N–H and O–H groups in total. The van der Waals surface area contributed by atoms with Gasteiger partial charge in [0, 0.05) is 6.10 Å². The van der Waals surface area contributed by atoms with Gasteiger partial charge in [0.1, 0.15) is 0 Å². The first-order valence-electron chi connectivity index (χ1n) is 2.60. The summed E-state index contributed by atoms with van der Waals surface area (Å²) in [6.45, 7) is 4.00. The maximum Gasteiger partial charge on any atom is 0.725 e. The summed E-state index contributed by atoms with van der Waals surface area (Å²) in [6.07, 6.45) is 1.20. The Morgan fingerprint density at radius 3 is 2.25 bits per heavy atom. The molecule has 0 aromatic heterocycles. The van der Waals surface area contributed by atoms with Gasteiger partial charge in [-0.2, -0.15) is 20.1 Å². The number of hydrogen-bond donors (Lipinski definition) is 0. The van der Waals surface area contributed by atoms with E-state index < -0.39 is 12.6 Å². The van der Waals surface area contributed by atoms with E-state index >= 15 is 0 Å². The van der Waals surface area contributed by atoms with E-state index in [9.17, 15) is 0 Å². The number of hydrogen-bond acceptors (Lipinski definition) is 1. The van der Waals surface area contributed by atoms with E-state index in [0.29, 0.717) is 0 Å². The molecule has 0 aliphatic heterocycles. The van der Waals surface area contributed by atoms with Crippen LogP contribution in [0.5, 0.6) is 0 Å². The molecule has 0 aromatic carbocycles. The normalized spacial score (nSPS) is 13.5. The molecule has 0 aromatic rings. The van der Waals surface area contributed by atoms with Crippen LogP contribution in [0.15, 0.2) is 0 Å². The molecule has 0 saturated heterocycles. The van der Waals surface area contributed by atoms with Crippen molar-refractivity contribution in [3.63, 3.8) is 0 Å². The maximum absolute atomic E-state index is 5.43. The van der Waals surface area contributed by atoms with Crippen molar-refractivity contribution in [1.29, 1.82) is 0 Å². The molecule has 0 radical (unpaired) electrons. The van der Waals surface area contributed by atoms with Crippen molar-refractivity contribution in [1.82, 2.24) is 0 Å². The molecule has 0 fully saturated rings. The molecule has 0 aliphatic carbocycles. The van der Waals surface area contributed by atoms with Crippen molar-refractivity contribution in [3.8, 4) is 0 Å². The summed E-state index contributed by atoms with van der Waals surface area (Å²) in [7, 11) is 10.9. The second-order valence-electron chi connectivity index (χ2n) is 1.62. The second-order valence-corrected chi connectivity index (χ2v) is 5.46. The number of rotatable bonds is 3. The predicted molar refractivity (Wildman–Crippen MR) is 38.3 cm³/mol. The van der Waals surface area contributed by atoms with E-state index in [0.717, 1.165) is 6.42 Å². The number of halogens is 2. The molecule has 1 atom stereocenters. The highest BCUT2D eigenvalue weighted by Gasteiger charge is 2.16. The van der Waals surface area contributed by atoms with Crippen LogP contribution in [0, 0.1) is 0 Å². The quantitative estimate of drug-likeness (QED) is 0.591. The Labute approximate surface area is 63.1 Å². The van der Waals surface area contributed by atoms with Crippen LogP contribution in [0.25, 0.3) is 0 Å². The lowest BCUT2D eigenvalue weighted by atomic mass is 10.3. The fourth-order valence-corrected chi connectivity index (χ4v) is 1.87. The minimum Gasteiger partial charge on any atom is -0.474 e. The van der Waals surface area contributed by atoms with Crippen molar-refractivity contribution in [2.45, 2.75) is 26.4 Å². The summed E-state index contributed by atoms with van der Waals surface area (Å²) in [6, 6.07) is 0. The third kappa shape index (κ3) is 5.21. The van der Waals surface area contributed by atoms with Gasteiger partial charge in [-0.3, -0.25) is 0 Å². The average Bonchev–Trinajstić information content (AvgIpc) is 1.65. The summed E-state index contributed by atoms with van der Waals surface area (Å²) in [5.41, 5.74) is 0. The van der Waals surface area contributed by atoms with Gasteiger partial charge in [-0.1, -0.05) is 6.92 Å². The standard InChI is InChI=1S/C4H9O.Al.2ClH/c1-3-4(2)5;;;/h4H,3H2,1-2H3;;2*1H/q-1;+3;;/p-2/t4-;;;/m0.../s1. The van der Waals surface area contributed by atoms with Crippen molar-refractivity contribution < 1.29 is 3.79 Å². The van der Waals surface area contributed by atoms with Crippen LogP contribution in [0.1, 0.15) is 20.3 Å². The molecule has 48 valence electrons. The minimum atomic E-state index is -1.80. The van der Waals surface area contributed by atoms with Gasteiger partial charge in [0.15, 0.2) is 0 Å². The van der Waals surface area contributed by atoms with Gasteiger partial charge in [-0.25, -0.2) is 0 Å². The largest absolute Gasteiger partial charge is 0.725 e. The molecule has 0 amide bonds. The van der Waals surface area contributed by atoms with Gasteiger partial charge in [-0.05, 0) is 13.3 Å². The van der Waals surface area contributed by atoms with Crippen LogP contribution < -0.4 is 0 Å². The molecule has 0 unspecified atom stereocenters. The Morgan fingerprint density at radius 2 is 2.12 bits per heavy atom. The molecule has 8 heavy (non-hydrogen) atoms. The fraction of sp³-hybridized carbons (Fsp3) is 1.00. The molecule has 0 heterocycles. The molecule has 0 aliphatic rings. The summed E-state index contributed by atoms with van der Waals surface area (Å²) in [5, 5.41) is 0. The molecule has 0 spiro atoms. The Morgan fingerprint density at radius 1 is 1.62 bits per heavy atom. The molecule has 0 rings (SSSR count). The summed E-state index contributed by atoms with van der Waals surface area (Å²) >= 11 is -1.80. The highest BCUT2D eigenvalue weighted by atomic mass is 35.7. The average molecular weight is 171 g/mol. The van der Waals surface area contributed by atoms with Gasteiger partial charge in [0.25, 0.3) is 0 Å². The van der Waals surface area contributed by atoms with Gasteiger partial charge in [0.05, 0.1) is 0 Å². The second kappa shape index (κ2) is 4.91. The Balaban J connectivity index is 3.10. The zero-order valence-electron chi connectivity index (χ0n) is 5.03. The molecular formula is C4H9AlCl2O. The zero-order chi connectivity index (χ0) is 6.57. The smallest absolute Gasteiger partial charge is 0.474 e. The lowest BCUT2D eigenvalue weighted by Gasteiger charge is -2.08. The van der Waals surface area contributed by atoms with Gasteiger partial charge in [-0.15, -0.1) is 0 Å². The Kier molecular flexibility index (Phi) is 5.56. The lowest BCUT2D eigenvalue weighted by molar-refractivity contribution is 0.232. The van der Waals surface area contributed by atoms with Gasteiger partial charge < -0.3 is 3.79 Å². The van der Waals surface area contributed by atoms with Crippen LogP contribution in [0.3, 0.4) is 0 Å². The van der Waals surface area contributed by atoms with Crippen LogP contribution in [-0.4, -0.2) is 18.7 Å². The molecular weight excluding hydrogens is 162 g/mol. The summed E-state index contributed by atoms with van der Waals surface area (Å²) < 4.78 is 5.07. The van der Waals surface area contributed by atoms with Crippen LogP contribution in [0.4, 0.5) is 0 Å². The zero-order valence-corrected chi connectivity index (χ0v) is 7.69. The van der Waals surface area contributed by atoms with Crippen LogP contribution >= 0.6 is 20.1 Å².